The molecule has 0 aliphatic rings. The Hall–Kier alpha value is -2.66. The van der Waals surface area contributed by atoms with Crippen LogP contribution >= 0.6 is 27.3 Å². The highest BCUT2D eigenvalue weighted by Crippen LogP contribution is 2.42. The van der Waals surface area contributed by atoms with Gasteiger partial charge in [-0.05, 0) is 48.0 Å². The molecule has 0 spiro atoms. The zero-order valence-electron chi connectivity index (χ0n) is 15.0. The number of anilines is 1. The predicted molar refractivity (Wildman–Crippen MR) is 106 cm³/mol. The van der Waals surface area contributed by atoms with Crippen molar-refractivity contribution in [2.75, 3.05) is 5.73 Å². The number of aryl methyl sites for hydroxylation is 1. The second-order valence-corrected chi connectivity index (χ2v) is 8.05. The fourth-order valence-corrected chi connectivity index (χ4v) is 4.26. The second-order valence-electron chi connectivity index (χ2n) is 6.26. The molecule has 4 aromatic rings. The van der Waals surface area contributed by atoms with E-state index < -0.39 is 17.8 Å². The summed E-state index contributed by atoms with van der Waals surface area (Å²) in [6.07, 6.45) is -3.32. The molecule has 0 unspecified atom stereocenters. The van der Waals surface area contributed by atoms with E-state index in [1.165, 1.54) is 12.3 Å². The van der Waals surface area contributed by atoms with Gasteiger partial charge in [-0.3, -0.25) is 4.79 Å². The number of hydrogen-bond acceptors (Lipinski definition) is 6. The van der Waals surface area contributed by atoms with E-state index in [4.69, 9.17) is 10.2 Å². The van der Waals surface area contributed by atoms with Gasteiger partial charge in [-0.2, -0.15) is 23.0 Å². The first kappa shape index (κ1) is 19.6. The molecule has 0 bridgehead atoms. The summed E-state index contributed by atoms with van der Waals surface area (Å²) < 4.78 is 47.2. The molecule has 4 aromatic heterocycles. The van der Waals surface area contributed by atoms with Crippen LogP contribution in [0.4, 0.5) is 18.9 Å². The second kappa shape index (κ2) is 6.70. The maximum atomic E-state index is 13.4. The van der Waals surface area contributed by atoms with Crippen molar-refractivity contribution in [1.29, 1.82) is 0 Å². The third-order valence-corrected chi connectivity index (χ3v) is 6.60. The Bertz CT molecular complexity index is 1260. The van der Waals surface area contributed by atoms with E-state index in [-0.39, 0.29) is 32.1 Å². The number of carbonyl (C=O) groups excluding carboxylic acids is 1. The van der Waals surface area contributed by atoms with Crippen molar-refractivity contribution in [3.63, 3.8) is 0 Å². The van der Waals surface area contributed by atoms with Crippen LogP contribution in [0.3, 0.4) is 0 Å². The standard InChI is InChI=1S/C18H12BrF3N4O2S/c1-7-13(19)8(2)26(25-7)17(27)15-14(23)12-9(10-4-3-5-28-10)6-11(18(20,21)22)24-16(12)29-15/h3-6H,23H2,1-2H3. The first-order valence-electron chi connectivity index (χ1n) is 8.20. The number of nitrogens with two attached hydrogens (primary N) is 1. The van der Waals surface area contributed by atoms with Crippen molar-refractivity contribution < 1.29 is 22.4 Å². The van der Waals surface area contributed by atoms with Crippen molar-refractivity contribution in [2.45, 2.75) is 20.0 Å². The normalized spacial score (nSPS) is 12.1. The molecule has 0 aliphatic carbocycles. The monoisotopic (exact) mass is 484 g/mol. The highest BCUT2D eigenvalue weighted by molar-refractivity contribution is 9.10. The van der Waals surface area contributed by atoms with Crippen molar-refractivity contribution in [2.24, 2.45) is 0 Å². The number of nitrogens with zero attached hydrogens (tertiary/aromatic N) is 3. The molecule has 0 aromatic carbocycles. The number of aromatic nitrogens is 3. The van der Waals surface area contributed by atoms with E-state index in [1.54, 1.807) is 19.9 Å². The maximum absolute atomic E-state index is 13.4. The average molecular weight is 485 g/mol. The summed E-state index contributed by atoms with van der Waals surface area (Å²) in [5.74, 6) is -0.351. The summed E-state index contributed by atoms with van der Waals surface area (Å²) in [5.41, 5.74) is 6.43. The summed E-state index contributed by atoms with van der Waals surface area (Å²) in [7, 11) is 0. The molecule has 11 heteroatoms. The molecule has 150 valence electrons. The Kier molecular flexibility index (Phi) is 4.54. The van der Waals surface area contributed by atoms with Crippen LogP contribution < -0.4 is 5.73 Å². The van der Waals surface area contributed by atoms with Gasteiger partial charge in [-0.1, -0.05) is 0 Å². The van der Waals surface area contributed by atoms with Crippen LogP contribution in [0.5, 0.6) is 0 Å². The predicted octanol–water partition coefficient (Wildman–Crippen LogP) is 5.42. The number of hydrogen-bond donors (Lipinski definition) is 1. The molecule has 0 saturated carbocycles. The molecule has 4 heterocycles. The number of pyridine rings is 1. The van der Waals surface area contributed by atoms with Gasteiger partial charge >= 0.3 is 6.18 Å². The molecule has 0 radical (unpaired) electrons. The molecule has 0 aliphatic heterocycles. The lowest BCUT2D eigenvalue weighted by Crippen LogP contribution is -2.15. The number of rotatable bonds is 2. The van der Waals surface area contributed by atoms with Gasteiger partial charge in [0.25, 0.3) is 5.91 Å². The molecule has 0 atom stereocenters. The Morgan fingerprint density at radius 2 is 2.07 bits per heavy atom. The molecule has 0 amide bonds. The number of thiophene rings is 1. The van der Waals surface area contributed by atoms with Crippen molar-refractivity contribution in [3.05, 3.63) is 50.9 Å². The van der Waals surface area contributed by atoms with Crippen LogP contribution in [-0.4, -0.2) is 20.7 Å². The number of alkyl halides is 3. The van der Waals surface area contributed by atoms with E-state index in [0.29, 0.717) is 15.9 Å². The Morgan fingerprint density at radius 1 is 1.34 bits per heavy atom. The van der Waals surface area contributed by atoms with Crippen LogP contribution in [0.1, 0.15) is 26.8 Å². The van der Waals surface area contributed by atoms with Crippen LogP contribution in [0, 0.1) is 13.8 Å². The maximum Gasteiger partial charge on any atom is 0.433 e. The molecule has 4 rings (SSSR count). The van der Waals surface area contributed by atoms with Crippen molar-refractivity contribution in [1.82, 2.24) is 14.8 Å². The molecule has 6 nitrogen and oxygen atoms in total. The lowest BCUT2D eigenvalue weighted by molar-refractivity contribution is -0.140. The number of halogens is 4. The van der Waals surface area contributed by atoms with Crippen molar-refractivity contribution in [3.8, 4) is 11.3 Å². The number of fused-ring (bicyclic) bond motifs is 1. The van der Waals surface area contributed by atoms with E-state index >= 15 is 0 Å². The fourth-order valence-electron chi connectivity index (χ4n) is 2.97. The van der Waals surface area contributed by atoms with Crippen LogP contribution in [0.15, 0.2) is 33.4 Å². The zero-order valence-corrected chi connectivity index (χ0v) is 17.4. The highest BCUT2D eigenvalue weighted by Gasteiger charge is 2.35. The number of nitrogen functional groups attached to an aromatic ring is 1. The lowest BCUT2D eigenvalue weighted by Gasteiger charge is -2.08. The van der Waals surface area contributed by atoms with Crippen LogP contribution in [0.25, 0.3) is 21.5 Å². The zero-order chi connectivity index (χ0) is 21.1. The molecule has 0 saturated heterocycles. The molecular weight excluding hydrogens is 473 g/mol. The Morgan fingerprint density at radius 3 is 2.62 bits per heavy atom. The first-order valence-corrected chi connectivity index (χ1v) is 9.81. The highest BCUT2D eigenvalue weighted by atomic mass is 79.9. The molecule has 0 fully saturated rings. The molecule has 2 N–H and O–H groups in total. The molecule has 29 heavy (non-hydrogen) atoms. The minimum Gasteiger partial charge on any atom is -0.464 e. The van der Waals surface area contributed by atoms with Crippen LogP contribution in [-0.2, 0) is 6.18 Å². The summed E-state index contributed by atoms with van der Waals surface area (Å²) >= 11 is 4.14. The summed E-state index contributed by atoms with van der Waals surface area (Å²) in [4.78, 5) is 16.8. The van der Waals surface area contributed by atoms with Gasteiger partial charge in [-0.25, -0.2) is 4.98 Å². The quantitative estimate of drug-likeness (QED) is 0.410. The first-order chi connectivity index (χ1) is 13.6. The Balaban J connectivity index is 1.98. The van der Waals surface area contributed by atoms with Crippen molar-refractivity contribution >= 4 is 49.1 Å². The van der Waals surface area contributed by atoms with Gasteiger partial charge in [0.2, 0.25) is 0 Å². The van der Waals surface area contributed by atoms with Gasteiger partial charge in [0.15, 0.2) is 0 Å². The average Bonchev–Trinajstić information content (AvgIpc) is 3.36. The van der Waals surface area contributed by atoms with Gasteiger partial charge in [0, 0.05) is 10.9 Å². The smallest absolute Gasteiger partial charge is 0.433 e. The Labute approximate surface area is 174 Å². The SMILES string of the molecule is Cc1nn(C(=O)c2sc3nc(C(F)(F)F)cc(-c4ccco4)c3c2N)c(C)c1Br. The largest absolute Gasteiger partial charge is 0.464 e. The lowest BCUT2D eigenvalue weighted by atomic mass is 10.1. The van der Waals surface area contributed by atoms with Gasteiger partial charge in [0.05, 0.1) is 27.8 Å². The third-order valence-electron chi connectivity index (χ3n) is 4.37. The topological polar surface area (TPSA) is 86.9 Å². The molecular formula is C18H12BrF3N4O2S. The summed E-state index contributed by atoms with van der Waals surface area (Å²) in [5, 5.41) is 4.42. The van der Waals surface area contributed by atoms with E-state index in [1.807, 2.05) is 0 Å². The van der Waals surface area contributed by atoms with E-state index in [0.717, 1.165) is 22.1 Å². The minimum atomic E-state index is -4.67. The third kappa shape index (κ3) is 3.14. The summed E-state index contributed by atoms with van der Waals surface area (Å²) in [6.45, 7) is 3.42. The number of furan rings is 1. The summed E-state index contributed by atoms with van der Waals surface area (Å²) in [6, 6.07) is 3.95. The van der Waals surface area contributed by atoms with Gasteiger partial charge < -0.3 is 10.2 Å². The van der Waals surface area contributed by atoms with Gasteiger partial charge in [0.1, 0.15) is 21.2 Å². The fraction of sp³-hybridized carbons (Fsp3) is 0.167. The van der Waals surface area contributed by atoms with Gasteiger partial charge in [-0.15, -0.1) is 11.3 Å². The van der Waals surface area contributed by atoms with Crippen LogP contribution in [0.2, 0.25) is 0 Å². The minimum absolute atomic E-state index is 0.00679. The van der Waals surface area contributed by atoms with E-state index in [2.05, 4.69) is 26.0 Å². The number of carbonyl (C=O) groups is 1. The van der Waals surface area contributed by atoms with E-state index in [9.17, 15) is 18.0 Å².